The molecular formula is C23H38N4O2S2. The summed E-state index contributed by atoms with van der Waals surface area (Å²) in [4.78, 5) is 27.5. The molecule has 2 rings (SSSR count). The van der Waals surface area contributed by atoms with Crippen molar-refractivity contribution in [2.75, 3.05) is 57.1 Å². The lowest BCUT2D eigenvalue weighted by Gasteiger charge is -2.30. The lowest BCUT2D eigenvalue weighted by Crippen LogP contribution is -2.37. The van der Waals surface area contributed by atoms with E-state index < -0.39 is 0 Å². The zero-order chi connectivity index (χ0) is 24.3. The molecule has 0 radical (unpaired) electrons. The van der Waals surface area contributed by atoms with E-state index in [1.165, 1.54) is 0 Å². The van der Waals surface area contributed by atoms with Crippen LogP contribution in [0, 0.1) is 9.02 Å². The molecule has 0 saturated heterocycles. The minimum Gasteiger partial charge on any atom is -0.372 e. The molecule has 0 amide bonds. The first-order valence-electron chi connectivity index (χ1n) is 10.6. The van der Waals surface area contributed by atoms with Gasteiger partial charge in [-0.15, -0.1) is 0 Å². The summed E-state index contributed by atoms with van der Waals surface area (Å²) in [5.74, 6) is 0. The van der Waals surface area contributed by atoms with Crippen LogP contribution in [-0.4, -0.2) is 47.3 Å². The summed E-state index contributed by atoms with van der Waals surface area (Å²) in [6.45, 7) is 15.3. The molecule has 0 aromatic heterocycles. The van der Waals surface area contributed by atoms with Crippen LogP contribution in [0.25, 0.3) is 0 Å². The number of nitrogens with zero attached hydrogens (tertiary/aromatic N) is 2. The van der Waals surface area contributed by atoms with Crippen molar-refractivity contribution < 1.29 is 0 Å². The Bertz CT molecular complexity index is 1030. The number of rotatable bonds is 7. The third kappa shape index (κ3) is 6.06. The largest absolute Gasteiger partial charge is 0.372 e. The van der Waals surface area contributed by atoms with Gasteiger partial charge in [-0.25, -0.2) is 0 Å². The van der Waals surface area contributed by atoms with Crippen LogP contribution in [0.5, 0.6) is 0 Å². The van der Waals surface area contributed by atoms with Gasteiger partial charge in [0.15, 0.2) is 0 Å². The predicted octanol–water partition coefficient (Wildman–Crippen LogP) is 2.95. The van der Waals surface area contributed by atoms with Crippen LogP contribution in [0.15, 0.2) is 9.59 Å². The number of hydrogen-bond donors (Lipinski definition) is 2. The standard InChI is InChI=1S/C12H20N2OS.C11H18N2OS/c1-12(2,3)8-9(11(16)10(8)15)14(5)7-6-13-4;1-11(2,3)7-8(10(15)9(7)14)13(4)6-5-12/h13H,6-7H2,1-5H3;5-6,12H2,1-4H3. The molecule has 174 valence electrons. The molecule has 0 saturated carbocycles. The molecule has 8 heteroatoms. The minimum absolute atomic E-state index is 0.0244. The third-order valence-corrected chi connectivity index (χ3v) is 5.95. The van der Waals surface area contributed by atoms with Gasteiger partial charge < -0.3 is 20.9 Å². The number of nitrogens with two attached hydrogens (primary N) is 1. The Morgan fingerprint density at radius 3 is 1.45 bits per heavy atom. The summed E-state index contributed by atoms with van der Waals surface area (Å²) in [6.07, 6.45) is 0. The average molecular weight is 467 g/mol. The second-order valence-electron chi connectivity index (χ2n) is 10.00. The van der Waals surface area contributed by atoms with Gasteiger partial charge in [0.2, 0.25) is 10.9 Å². The van der Waals surface area contributed by atoms with Crippen LogP contribution in [0.4, 0.5) is 11.4 Å². The van der Waals surface area contributed by atoms with Crippen molar-refractivity contribution in [3.63, 3.8) is 0 Å². The molecule has 2 aromatic carbocycles. The van der Waals surface area contributed by atoms with E-state index in [-0.39, 0.29) is 21.7 Å². The molecule has 0 unspecified atom stereocenters. The molecule has 2 aromatic rings. The molecule has 3 N–H and O–H groups in total. The lowest BCUT2D eigenvalue weighted by atomic mass is 9.82. The van der Waals surface area contributed by atoms with Crippen LogP contribution < -0.4 is 31.7 Å². The van der Waals surface area contributed by atoms with E-state index >= 15 is 0 Å². The van der Waals surface area contributed by atoms with E-state index in [0.717, 1.165) is 42.1 Å². The molecule has 0 aliphatic carbocycles. The summed E-state index contributed by atoms with van der Waals surface area (Å²) in [5, 5.41) is 3.09. The van der Waals surface area contributed by atoms with E-state index in [2.05, 4.69) is 10.2 Å². The first kappa shape index (κ1) is 27.6. The van der Waals surface area contributed by atoms with Gasteiger partial charge in [-0.05, 0) is 17.9 Å². The molecule has 0 aliphatic rings. The van der Waals surface area contributed by atoms with E-state index in [9.17, 15) is 9.59 Å². The molecule has 0 spiro atoms. The van der Waals surface area contributed by atoms with E-state index in [0.29, 0.717) is 15.6 Å². The van der Waals surface area contributed by atoms with Gasteiger partial charge in [0.1, 0.15) is 9.02 Å². The summed E-state index contributed by atoms with van der Waals surface area (Å²) in [7, 11) is 5.82. The third-order valence-electron chi connectivity index (χ3n) is 5.20. The van der Waals surface area contributed by atoms with Gasteiger partial charge in [0, 0.05) is 51.4 Å². The van der Waals surface area contributed by atoms with E-state index in [1.807, 2.05) is 67.6 Å². The van der Waals surface area contributed by atoms with Crippen molar-refractivity contribution in [1.29, 1.82) is 0 Å². The Morgan fingerprint density at radius 1 is 0.806 bits per heavy atom. The smallest absolute Gasteiger partial charge is 0.204 e. The summed E-state index contributed by atoms with van der Waals surface area (Å²) >= 11 is 10.2. The van der Waals surface area contributed by atoms with Crippen molar-refractivity contribution in [1.82, 2.24) is 5.32 Å². The minimum atomic E-state index is -0.141. The number of nitrogens with one attached hydrogen (secondary N) is 1. The van der Waals surface area contributed by atoms with Gasteiger partial charge in [0.05, 0.1) is 11.4 Å². The van der Waals surface area contributed by atoms with Gasteiger partial charge in [0.25, 0.3) is 0 Å². The van der Waals surface area contributed by atoms with Crippen LogP contribution >= 0.6 is 24.4 Å². The van der Waals surface area contributed by atoms with Crippen LogP contribution in [0.3, 0.4) is 0 Å². The maximum atomic E-state index is 11.8. The van der Waals surface area contributed by atoms with Crippen LogP contribution in [0.2, 0.25) is 0 Å². The van der Waals surface area contributed by atoms with Gasteiger partial charge >= 0.3 is 0 Å². The average Bonchev–Trinajstić information content (AvgIpc) is 2.65. The van der Waals surface area contributed by atoms with Crippen molar-refractivity contribution in [3.8, 4) is 0 Å². The fourth-order valence-electron chi connectivity index (χ4n) is 3.58. The van der Waals surface area contributed by atoms with E-state index in [4.69, 9.17) is 30.2 Å². The van der Waals surface area contributed by atoms with Crippen molar-refractivity contribution >= 4 is 35.8 Å². The number of hydrogen-bond acceptors (Lipinski definition) is 8. The Hall–Kier alpha value is -1.48. The van der Waals surface area contributed by atoms with Crippen molar-refractivity contribution in [2.24, 2.45) is 5.73 Å². The monoisotopic (exact) mass is 466 g/mol. The SMILES string of the molecule is CN(CCN)c1c(C(C)(C)C)c(=O)c1=S.CNCCN(C)c1c(C(C)(C)C)c(=O)c1=S. The normalized spacial score (nSPS) is 12.1. The highest BCUT2D eigenvalue weighted by Crippen LogP contribution is 2.33. The van der Waals surface area contributed by atoms with Gasteiger partial charge in [-0.3, -0.25) is 9.59 Å². The van der Waals surface area contributed by atoms with Gasteiger partial charge in [-0.2, -0.15) is 0 Å². The highest BCUT2D eigenvalue weighted by Gasteiger charge is 2.30. The Kier molecular flexibility index (Phi) is 9.27. The summed E-state index contributed by atoms with van der Waals surface area (Å²) in [6, 6.07) is 0. The highest BCUT2D eigenvalue weighted by atomic mass is 32.1. The first-order valence-corrected chi connectivity index (χ1v) is 11.4. The molecule has 0 atom stereocenters. The molecule has 6 nitrogen and oxygen atoms in total. The van der Waals surface area contributed by atoms with Crippen LogP contribution in [-0.2, 0) is 10.8 Å². The van der Waals surface area contributed by atoms with Crippen molar-refractivity contribution in [3.05, 3.63) is 40.6 Å². The first-order chi connectivity index (χ1) is 14.1. The Labute approximate surface area is 196 Å². The number of anilines is 2. The molecule has 0 aliphatic heterocycles. The molecule has 0 heterocycles. The summed E-state index contributed by atoms with van der Waals surface area (Å²) < 4.78 is 0.944. The quantitative estimate of drug-likeness (QED) is 0.603. The van der Waals surface area contributed by atoms with Crippen LogP contribution in [0.1, 0.15) is 52.7 Å². The topological polar surface area (TPSA) is 78.7 Å². The van der Waals surface area contributed by atoms with Gasteiger partial charge in [-0.1, -0.05) is 66.0 Å². The Morgan fingerprint density at radius 2 is 1.16 bits per heavy atom. The molecule has 0 fully saturated rings. The lowest BCUT2D eigenvalue weighted by molar-refractivity contribution is 0.576. The predicted molar refractivity (Wildman–Crippen MR) is 139 cm³/mol. The Balaban J connectivity index is 0.000000311. The zero-order valence-electron chi connectivity index (χ0n) is 20.4. The maximum absolute atomic E-state index is 11.8. The maximum Gasteiger partial charge on any atom is 0.204 e. The van der Waals surface area contributed by atoms with Crippen molar-refractivity contribution in [2.45, 2.75) is 52.4 Å². The molecular weight excluding hydrogens is 428 g/mol. The number of likely N-dealkylation sites (N-methyl/N-ethyl adjacent to an activating group) is 3. The molecule has 31 heavy (non-hydrogen) atoms. The fourth-order valence-corrected chi connectivity index (χ4v) is 4.30. The fraction of sp³-hybridized carbons (Fsp3) is 0.652. The summed E-state index contributed by atoms with van der Waals surface area (Å²) in [5.41, 5.74) is 8.88. The second-order valence-corrected chi connectivity index (χ2v) is 10.8. The molecule has 0 bridgehead atoms. The zero-order valence-corrected chi connectivity index (χ0v) is 22.1. The second kappa shape index (κ2) is 10.4. The highest BCUT2D eigenvalue weighted by molar-refractivity contribution is 7.72. The van der Waals surface area contributed by atoms with E-state index in [1.54, 1.807) is 0 Å².